The second kappa shape index (κ2) is 7.83. The summed E-state index contributed by atoms with van der Waals surface area (Å²) >= 11 is 0. The van der Waals surface area contributed by atoms with Crippen LogP contribution >= 0.6 is 0 Å². The average molecular weight is 318 g/mol. The van der Waals surface area contributed by atoms with Crippen molar-refractivity contribution in [1.82, 2.24) is 5.32 Å². The Hall–Kier alpha value is -2.27. The number of amides is 1. The quantitative estimate of drug-likeness (QED) is 0.848. The van der Waals surface area contributed by atoms with Gasteiger partial charge in [-0.1, -0.05) is 38.1 Å². The van der Waals surface area contributed by atoms with E-state index < -0.39 is 5.82 Å². The van der Waals surface area contributed by atoms with E-state index in [-0.39, 0.29) is 35.9 Å². The smallest absolute Gasteiger partial charge is 0.238 e. The van der Waals surface area contributed by atoms with Crippen LogP contribution in [-0.4, -0.2) is 12.5 Å². The van der Waals surface area contributed by atoms with Crippen LogP contribution < -0.4 is 10.6 Å². The fraction of sp³-hybridized carbons (Fsp3) is 0.278. The summed E-state index contributed by atoms with van der Waals surface area (Å²) in [5.41, 5.74) is 1.06. The number of carbonyl (C=O) groups excluding carboxylic acids is 1. The van der Waals surface area contributed by atoms with Crippen molar-refractivity contribution in [1.29, 1.82) is 0 Å². The number of hydrogen-bond donors (Lipinski definition) is 2. The minimum atomic E-state index is -0.472. The molecule has 1 amide bonds. The predicted molar refractivity (Wildman–Crippen MR) is 87.0 cm³/mol. The van der Waals surface area contributed by atoms with Crippen molar-refractivity contribution in [3.63, 3.8) is 0 Å². The molecule has 0 aliphatic carbocycles. The first-order valence-electron chi connectivity index (χ1n) is 7.50. The van der Waals surface area contributed by atoms with Crippen LogP contribution in [0.2, 0.25) is 0 Å². The molecule has 0 spiro atoms. The lowest BCUT2D eigenvalue weighted by atomic mass is 9.96. The molecule has 0 unspecified atom stereocenters. The molecule has 0 aliphatic rings. The largest absolute Gasteiger partial charge is 0.322 e. The molecule has 2 N–H and O–H groups in total. The molecule has 0 bridgehead atoms. The molecule has 122 valence electrons. The molecule has 0 saturated carbocycles. The van der Waals surface area contributed by atoms with Crippen molar-refractivity contribution in [2.45, 2.75) is 19.9 Å². The molecule has 5 heteroatoms. The third-order valence-corrected chi connectivity index (χ3v) is 3.53. The Morgan fingerprint density at radius 3 is 2.30 bits per heavy atom. The highest BCUT2D eigenvalue weighted by Gasteiger charge is 2.17. The van der Waals surface area contributed by atoms with Crippen LogP contribution in [0, 0.1) is 17.6 Å². The topological polar surface area (TPSA) is 41.1 Å². The second-order valence-corrected chi connectivity index (χ2v) is 5.68. The van der Waals surface area contributed by atoms with Gasteiger partial charge in [-0.15, -0.1) is 0 Å². The Morgan fingerprint density at radius 1 is 1.04 bits per heavy atom. The molecule has 0 aromatic heterocycles. The van der Waals surface area contributed by atoms with Gasteiger partial charge in [-0.05, 0) is 35.7 Å². The van der Waals surface area contributed by atoms with Crippen LogP contribution in [0.4, 0.5) is 14.5 Å². The molecule has 0 radical (unpaired) electrons. The molecule has 2 aromatic rings. The number of rotatable bonds is 6. The first-order valence-corrected chi connectivity index (χ1v) is 7.50. The zero-order valence-electron chi connectivity index (χ0n) is 13.1. The SMILES string of the molecule is CC(C)[C@@H](NCC(=O)Nc1ccccc1F)c1ccc(F)cc1. The third kappa shape index (κ3) is 4.86. The van der Waals surface area contributed by atoms with Crippen LogP contribution in [0.25, 0.3) is 0 Å². The maximum absolute atomic E-state index is 13.5. The fourth-order valence-electron chi connectivity index (χ4n) is 2.37. The number of benzene rings is 2. The molecule has 0 fully saturated rings. The highest BCUT2D eigenvalue weighted by molar-refractivity contribution is 5.92. The highest BCUT2D eigenvalue weighted by Crippen LogP contribution is 2.21. The Morgan fingerprint density at radius 2 is 1.70 bits per heavy atom. The molecule has 0 aliphatic heterocycles. The van der Waals surface area contributed by atoms with E-state index in [0.29, 0.717) is 0 Å². The zero-order chi connectivity index (χ0) is 16.8. The lowest BCUT2D eigenvalue weighted by Crippen LogP contribution is -2.33. The Bertz CT molecular complexity index is 656. The van der Waals surface area contributed by atoms with Gasteiger partial charge in [0, 0.05) is 6.04 Å². The molecule has 0 saturated heterocycles. The van der Waals surface area contributed by atoms with Crippen molar-refractivity contribution in [3.05, 3.63) is 65.7 Å². The lowest BCUT2D eigenvalue weighted by molar-refractivity contribution is -0.115. The van der Waals surface area contributed by atoms with Crippen LogP contribution in [0.1, 0.15) is 25.5 Å². The fourth-order valence-corrected chi connectivity index (χ4v) is 2.37. The Labute approximate surface area is 134 Å². The molecule has 2 aromatic carbocycles. The van der Waals surface area contributed by atoms with Crippen LogP contribution in [-0.2, 0) is 4.79 Å². The minimum Gasteiger partial charge on any atom is -0.322 e. The monoisotopic (exact) mass is 318 g/mol. The van der Waals surface area contributed by atoms with Crippen molar-refractivity contribution in [3.8, 4) is 0 Å². The van der Waals surface area contributed by atoms with Gasteiger partial charge in [0.25, 0.3) is 0 Å². The number of carbonyl (C=O) groups is 1. The molecule has 1 atom stereocenters. The Balaban J connectivity index is 1.97. The van der Waals surface area contributed by atoms with Gasteiger partial charge in [-0.25, -0.2) is 8.78 Å². The van der Waals surface area contributed by atoms with E-state index in [1.54, 1.807) is 24.3 Å². The molecular formula is C18H20F2N2O. The van der Waals surface area contributed by atoms with Crippen molar-refractivity contribution in [2.75, 3.05) is 11.9 Å². The number of nitrogens with one attached hydrogen (secondary N) is 2. The number of para-hydroxylation sites is 1. The summed E-state index contributed by atoms with van der Waals surface area (Å²) in [5, 5.41) is 5.67. The number of hydrogen-bond acceptors (Lipinski definition) is 2. The molecule has 2 rings (SSSR count). The van der Waals surface area contributed by atoms with Crippen LogP contribution in [0.5, 0.6) is 0 Å². The third-order valence-electron chi connectivity index (χ3n) is 3.53. The summed E-state index contributed by atoms with van der Waals surface area (Å²) in [7, 11) is 0. The van der Waals surface area contributed by atoms with Crippen molar-refractivity contribution < 1.29 is 13.6 Å². The van der Waals surface area contributed by atoms with E-state index in [1.807, 2.05) is 13.8 Å². The summed E-state index contributed by atoms with van der Waals surface area (Å²) < 4.78 is 26.5. The number of halogens is 2. The first-order chi connectivity index (χ1) is 11.0. The van der Waals surface area contributed by atoms with Crippen molar-refractivity contribution >= 4 is 11.6 Å². The van der Waals surface area contributed by atoms with E-state index in [4.69, 9.17) is 0 Å². The minimum absolute atomic E-state index is 0.0363. The van der Waals surface area contributed by atoms with E-state index >= 15 is 0 Å². The number of anilines is 1. The van der Waals surface area contributed by atoms with E-state index in [2.05, 4.69) is 10.6 Å². The van der Waals surface area contributed by atoms with E-state index in [0.717, 1.165) is 5.56 Å². The van der Waals surface area contributed by atoms with Gasteiger partial charge < -0.3 is 10.6 Å². The molecular weight excluding hydrogens is 298 g/mol. The molecule has 0 heterocycles. The summed E-state index contributed by atoms with van der Waals surface area (Å²) in [5.74, 6) is -0.891. The maximum atomic E-state index is 13.5. The summed E-state index contributed by atoms with van der Waals surface area (Å²) in [6.45, 7) is 4.06. The normalized spacial score (nSPS) is 12.2. The van der Waals surface area contributed by atoms with Gasteiger partial charge in [0.2, 0.25) is 5.91 Å². The molecule has 23 heavy (non-hydrogen) atoms. The average Bonchev–Trinajstić information content (AvgIpc) is 2.51. The van der Waals surface area contributed by atoms with Gasteiger partial charge in [0.05, 0.1) is 12.2 Å². The summed E-state index contributed by atoms with van der Waals surface area (Å²) in [6.07, 6.45) is 0. The highest BCUT2D eigenvalue weighted by atomic mass is 19.1. The standard InChI is InChI=1S/C18H20F2N2O/c1-12(2)18(13-7-9-14(19)10-8-13)21-11-17(23)22-16-6-4-3-5-15(16)20/h3-10,12,18,21H,11H2,1-2H3,(H,22,23)/t18-/m1/s1. The first kappa shape index (κ1) is 17.1. The summed E-state index contributed by atoms with van der Waals surface area (Å²) in [6, 6.07) is 12.1. The summed E-state index contributed by atoms with van der Waals surface area (Å²) in [4.78, 5) is 12.0. The van der Waals surface area contributed by atoms with Gasteiger partial charge >= 0.3 is 0 Å². The van der Waals surface area contributed by atoms with Crippen LogP contribution in [0.15, 0.2) is 48.5 Å². The van der Waals surface area contributed by atoms with E-state index in [9.17, 15) is 13.6 Å². The zero-order valence-corrected chi connectivity index (χ0v) is 13.1. The van der Waals surface area contributed by atoms with Gasteiger partial charge in [-0.3, -0.25) is 4.79 Å². The Kier molecular flexibility index (Phi) is 5.82. The van der Waals surface area contributed by atoms with Gasteiger partial charge in [0.1, 0.15) is 11.6 Å². The second-order valence-electron chi connectivity index (χ2n) is 5.68. The lowest BCUT2D eigenvalue weighted by Gasteiger charge is -2.22. The predicted octanol–water partition coefficient (Wildman–Crippen LogP) is 3.89. The van der Waals surface area contributed by atoms with Crippen LogP contribution in [0.3, 0.4) is 0 Å². The van der Waals surface area contributed by atoms with Gasteiger partial charge in [-0.2, -0.15) is 0 Å². The van der Waals surface area contributed by atoms with Gasteiger partial charge in [0.15, 0.2) is 0 Å². The maximum Gasteiger partial charge on any atom is 0.238 e. The van der Waals surface area contributed by atoms with Crippen molar-refractivity contribution in [2.24, 2.45) is 5.92 Å². The molecule has 3 nitrogen and oxygen atoms in total. The van der Waals surface area contributed by atoms with E-state index in [1.165, 1.54) is 24.3 Å².